The molecule has 0 spiro atoms. The molecule has 1 saturated heterocycles. The van der Waals surface area contributed by atoms with E-state index in [4.69, 9.17) is 21.3 Å². The number of rotatable bonds is 6. The number of likely N-dealkylation sites (tertiary alicyclic amines) is 1. The monoisotopic (exact) mass is 608 g/mol. The number of fused-ring (bicyclic) bond motifs is 1. The van der Waals surface area contributed by atoms with Gasteiger partial charge in [-0.15, -0.1) is 0 Å². The minimum atomic E-state index is 0.378. The molecule has 0 N–H and O–H groups in total. The fourth-order valence-electron chi connectivity index (χ4n) is 4.71. The lowest BCUT2D eigenvalue weighted by Crippen LogP contribution is -2.31. The van der Waals surface area contributed by atoms with Crippen LogP contribution in [0.3, 0.4) is 0 Å². The number of hydrogen-bond donors (Lipinski definition) is 0. The smallest absolute Gasteiger partial charge is 0.212 e. The molecular formula is C24H26ClIN6OS. The molecule has 0 amide bonds. The van der Waals surface area contributed by atoms with E-state index in [1.807, 2.05) is 23.1 Å². The quantitative estimate of drug-likeness (QED) is 0.240. The van der Waals surface area contributed by atoms with Crippen molar-refractivity contribution in [3.63, 3.8) is 0 Å². The van der Waals surface area contributed by atoms with Gasteiger partial charge in [0.15, 0.2) is 10.8 Å². The van der Waals surface area contributed by atoms with Crippen molar-refractivity contribution >= 4 is 53.0 Å². The molecule has 0 radical (unpaired) electrons. The van der Waals surface area contributed by atoms with Crippen molar-refractivity contribution in [2.75, 3.05) is 27.2 Å². The summed E-state index contributed by atoms with van der Waals surface area (Å²) in [6.45, 7) is 4.32. The Hall–Kier alpha value is -1.82. The van der Waals surface area contributed by atoms with Crippen LogP contribution >= 0.6 is 41.9 Å². The molecule has 1 aliphatic heterocycles. The Labute approximate surface area is 220 Å². The van der Waals surface area contributed by atoms with E-state index >= 15 is 0 Å². The summed E-state index contributed by atoms with van der Waals surface area (Å²) in [6.07, 6.45) is 8.89. The van der Waals surface area contributed by atoms with Crippen LogP contribution in [-0.2, 0) is 6.42 Å². The highest BCUT2D eigenvalue weighted by atomic mass is 127. The third kappa shape index (κ3) is 4.31. The molecular weight excluding hydrogens is 583 g/mol. The standard InChI is InChI=1S/C24H26ClIN6OS/c1-4-20-22(15-5-6-21(33-3)27-12-15)18-11-16(13-28-24(18)32(20)34-26)19-14-31(29-23(19)25)17-7-9-30(2)10-8-17/h5-6,11-14,17H,4,7-10H2,1-3H3. The molecule has 0 saturated carbocycles. The van der Waals surface area contributed by atoms with Crippen LogP contribution in [0.2, 0.25) is 5.15 Å². The van der Waals surface area contributed by atoms with E-state index in [1.54, 1.807) is 16.2 Å². The molecule has 5 rings (SSSR count). The number of nitrogens with zero attached hydrogens (tertiary/aromatic N) is 6. The van der Waals surface area contributed by atoms with Gasteiger partial charge in [-0.3, -0.25) is 8.65 Å². The van der Waals surface area contributed by atoms with Gasteiger partial charge in [0, 0.05) is 88.3 Å². The number of piperidine rings is 1. The lowest BCUT2D eigenvalue weighted by Gasteiger charge is -2.28. The van der Waals surface area contributed by atoms with Crippen molar-refractivity contribution in [1.29, 1.82) is 0 Å². The molecule has 0 unspecified atom stereocenters. The summed E-state index contributed by atoms with van der Waals surface area (Å²) in [7, 11) is 5.43. The summed E-state index contributed by atoms with van der Waals surface area (Å²) in [4.78, 5) is 11.7. The summed E-state index contributed by atoms with van der Waals surface area (Å²) in [5.41, 5.74) is 6.21. The van der Waals surface area contributed by atoms with Crippen LogP contribution in [0.15, 0.2) is 36.8 Å². The van der Waals surface area contributed by atoms with Gasteiger partial charge in [0.1, 0.15) is 0 Å². The van der Waals surface area contributed by atoms with E-state index in [0.717, 1.165) is 65.6 Å². The summed E-state index contributed by atoms with van der Waals surface area (Å²) in [5.74, 6) is 0.598. The summed E-state index contributed by atoms with van der Waals surface area (Å²) >= 11 is 8.97. The molecule has 4 aromatic rings. The van der Waals surface area contributed by atoms with Crippen LogP contribution in [0.5, 0.6) is 5.88 Å². The first-order valence-electron chi connectivity index (χ1n) is 11.3. The van der Waals surface area contributed by atoms with Gasteiger partial charge in [-0.05, 0) is 51.5 Å². The Morgan fingerprint density at radius 2 is 1.94 bits per heavy atom. The highest BCUT2D eigenvalue weighted by molar-refractivity contribution is 14.2. The third-order valence-corrected chi connectivity index (χ3v) is 8.55. The summed E-state index contributed by atoms with van der Waals surface area (Å²) in [6, 6.07) is 6.52. The molecule has 10 heteroatoms. The normalized spacial score (nSPS) is 15.3. The molecule has 0 atom stereocenters. The lowest BCUT2D eigenvalue weighted by atomic mass is 10.0. The minimum absolute atomic E-state index is 0.378. The SMILES string of the molecule is CCc1c(-c2ccc(OC)nc2)c2cc(-c3cn(C4CCN(C)CC4)nc3Cl)cnc2n1SI. The number of aromatic nitrogens is 5. The predicted octanol–water partition coefficient (Wildman–Crippen LogP) is 6.30. The van der Waals surface area contributed by atoms with Crippen molar-refractivity contribution in [3.8, 4) is 28.1 Å². The van der Waals surface area contributed by atoms with Gasteiger partial charge in [-0.2, -0.15) is 5.10 Å². The van der Waals surface area contributed by atoms with Crippen LogP contribution in [0.1, 0.15) is 31.5 Å². The Balaban J connectivity index is 1.62. The zero-order chi connectivity index (χ0) is 23.8. The largest absolute Gasteiger partial charge is 0.481 e. The Kier molecular flexibility index (Phi) is 7.06. The zero-order valence-corrected chi connectivity index (χ0v) is 23.1. The Morgan fingerprint density at radius 1 is 1.18 bits per heavy atom. The fourth-order valence-corrected chi connectivity index (χ4v) is 6.74. The summed E-state index contributed by atoms with van der Waals surface area (Å²) in [5, 5.41) is 6.27. The molecule has 4 aromatic heterocycles. The number of halogens is 2. The molecule has 34 heavy (non-hydrogen) atoms. The van der Waals surface area contributed by atoms with Crippen molar-refractivity contribution in [2.45, 2.75) is 32.2 Å². The number of ether oxygens (including phenoxy) is 1. The zero-order valence-electron chi connectivity index (χ0n) is 19.3. The van der Waals surface area contributed by atoms with Crippen molar-refractivity contribution in [1.82, 2.24) is 28.6 Å². The fraction of sp³-hybridized carbons (Fsp3) is 0.375. The number of hydrogen-bond acceptors (Lipinski definition) is 6. The Morgan fingerprint density at radius 3 is 2.59 bits per heavy atom. The first-order valence-corrected chi connectivity index (χ1v) is 15.0. The second-order valence-electron chi connectivity index (χ2n) is 8.57. The molecule has 7 nitrogen and oxygen atoms in total. The molecule has 0 aliphatic carbocycles. The molecule has 178 valence electrons. The highest BCUT2D eigenvalue weighted by Gasteiger charge is 2.23. The molecule has 1 aliphatic rings. The highest BCUT2D eigenvalue weighted by Crippen LogP contribution is 2.41. The maximum Gasteiger partial charge on any atom is 0.212 e. The van der Waals surface area contributed by atoms with Gasteiger partial charge < -0.3 is 9.64 Å². The van der Waals surface area contributed by atoms with Gasteiger partial charge in [-0.25, -0.2) is 9.97 Å². The Bertz CT molecular complexity index is 1310. The second kappa shape index (κ2) is 10.0. The topological polar surface area (TPSA) is 61.0 Å². The van der Waals surface area contributed by atoms with Crippen molar-refractivity contribution in [3.05, 3.63) is 47.6 Å². The van der Waals surface area contributed by atoms with Gasteiger partial charge in [0.05, 0.1) is 13.2 Å². The van der Waals surface area contributed by atoms with Gasteiger partial charge >= 0.3 is 0 Å². The van der Waals surface area contributed by atoms with Crippen LogP contribution in [0.4, 0.5) is 0 Å². The van der Waals surface area contributed by atoms with E-state index in [0.29, 0.717) is 17.1 Å². The first kappa shape index (κ1) is 23.9. The van der Waals surface area contributed by atoms with Crippen molar-refractivity contribution < 1.29 is 4.74 Å². The maximum atomic E-state index is 6.66. The average molecular weight is 609 g/mol. The van der Waals surface area contributed by atoms with Gasteiger partial charge in [0.2, 0.25) is 5.88 Å². The van der Waals surface area contributed by atoms with Crippen LogP contribution in [0.25, 0.3) is 33.3 Å². The summed E-state index contributed by atoms with van der Waals surface area (Å²) < 4.78 is 9.51. The van der Waals surface area contributed by atoms with Gasteiger partial charge in [0.25, 0.3) is 0 Å². The van der Waals surface area contributed by atoms with Gasteiger partial charge in [-0.1, -0.05) is 18.5 Å². The first-order chi connectivity index (χ1) is 16.5. The molecule has 0 aromatic carbocycles. The minimum Gasteiger partial charge on any atom is -0.481 e. The van der Waals surface area contributed by atoms with E-state index < -0.39 is 0 Å². The van der Waals surface area contributed by atoms with Crippen LogP contribution in [0, 0.1) is 0 Å². The predicted molar refractivity (Wildman–Crippen MR) is 148 cm³/mol. The molecule has 1 fully saturated rings. The maximum absolute atomic E-state index is 6.66. The second-order valence-corrected chi connectivity index (χ2v) is 10.6. The molecule has 5 heterocycles. The lowest BCUT2D eigenvalue weighted by molar-refractivity contribution is 0.212. The van der Waals surface area contributed by atoms with Crippen LogP contribution in [-0.4, -0.2) is 55.9 Å². The average Bonchev–Trinajstić information content (AvgIpc) is 3.41. The van der Waals surface area contributed by atoms with E-state index in [9.17, 15) is 0 Å². The number of methoxy groups -OCH3 is 1. The van der Waals surface area contributed by atoms with E-state index in [2.05, 4.69) is 72.5 Å². The van der Waals surface area contributed by atoms with Crippen LogP contribution < -0.4 is 4.74 Å². The van der Waals surface area contributed by atoms with E-state index in [-0.39, 0.29) is 0 Å². The third-order valence-electron chi connectivity index (χ3n) is 6.56. The number of pyridine rings is 2. The van der Waals surface area contributed by atoms with Crippen molar-refractivity contribution in [2.24, 2.45) is 0 Å². The molecule has 0 bridgehead atoms. The van der Waals surface area contributed by atoms with E-state index in [1.165, 1.54) is 5.69 Å².